The standard InChI is InChI=1S/C29H24N4O6S/c34-24(31-20-6-2-1-3-7-20)11-13-33-26(25(32-29(33)40)21-8-4-5-12-30-21)23-10-9-22(39-23)17-14-18(27(35)36)16-19(15-17)28(37)38/h1-10,12,14-16,25-26H,11,13H2,(H,31,34)(H,32,40)(H,35,36)(H,37,38)/t25-,26-/m0/s1. The average molecular weight is 557 g/mol. The van der Waals surface area contributed by atoms with Crippen LogP contribution < -0.4 is 10.6 Å². The number of anilines is 1. The van der Waals surface area contributed by atoms with Crippen LogP contribution in [0.1, 0.15) is 50.7 Å². The van der Waals surface area contributed by atoms with Gasteiger partial charge in [0.15, 0.2) is 5.11 Å². The molecule has 10 nitrogen and oxygen atoms in total. The van der Waals surface area contributed by atoms with Gasteiger partial charge in [-0.05, 0) is 66.8 Å². The minimum atomic E-state index is -1.25. The number of furan rings is 1. The van der Waals surface area contributed by atoms with E-state index in [4.69, 9.17) is 16.6 Å². The van der Waals surface area contributed by atoms with Crippen LogP contribution in [0.2, 0.25) is 0 Å². The molecule has 1 aliphatic heterocycles. The highest BCUT2D eigenvalue weighted by Gasteiger charge is 2.41. The van der Waals surface area contributed by atoms with E-state index in [1.54, 1.807) is 36.5 Å². The lowest BCUT2D eigenvalue weighted by atomic mass is 10.0. The lowest BCUT2D eigenvalue weighted by molar-refractivity contribution is -0.116. The molecule has 2 atom stereocenters. The van der Waals surface area contributed by atoms with Gasteiger partial charge >= 0.3 is 11.9 Å². The number of rotatable bonds is 9. The smallest absolute Gasteiger partial charge is 0.335 e. The summed E-state index contributed by atoms with van der Waals surface area (Å²) in [5.41, 5.74) is 1.37. The summed E-state index contributed by atoms with van der Waals surface area (Å²) in [6.07, 6.45) is 1.82. The van der Waals surface area contributed by atoms with Gasteiger partial charge in [0, 0.05) is 30.4 Å². The molecule has 1 aliphatic rings. The van der Waals surface area contributed by atoms with Gasteiger partial charge < -0.3 is 30.2 Å². The van der Waals surface area contributed by atoms with Gasteiger partial charge in [-0.1, -0.05) is 24.3 Å². The molecule has 0 unspecified atom stereocenters. The largest absolute Gasteiger partial charge is 0.478 e. The van der Waals surface area contributed by atoms with Gasteiger partial charge in [-0.2, -0.15) is 0 Å². The number of aromatic carboxylic acids is 2. The summed E-state index contributed by atoms with van der Waals surface area (Å²) >= 11 is 5.65. The van der Waals surface area contributed by atoms with E-state index in [1.165, 1.54) is 12.1 Å². The Morgan fingerprint density at radius 1 is 0.950 bits per heavy atom. The molecule has 40 heavy (non-hydrogen) atoms. The maximum atomic E-state index is 12.7. The van der Waals surface area contributed by atoms with Crippen molar-refractivity contribution in [2.45, 2.75) is 18.5 Å². The highest BCUT2D eigenvalue weighted by atomic mass is 32.1. The second-order valence-corrected chi connectivity index (χ2v) is 9.48. The summed E-state index contributed by atoms with van der Waals surface area (Å²) in [5, 5.41) is 25.5. The van der Waals surface area contributed by atoms with Crippen molar-refractivity contribution in [1.29, 1.82) is 0 Å². The summed E-state index contributed by atoms with van der Waals surface area (Å²) in [5.74, 6) is -1.91. The summed E-state index contributed by atoms with van der Waals surface area (Å²) in [6, 6.07) is 21.0. The number of nitrogens with zero attached hydrogens (tertiary/aromatic N) is 2. The van der Waals surface area contributed by atoms with Crippen LogP contribution in [-0.2, 0) is 4.79 Å². The normalized spacial score (nSPS) is 16.4. The number of hydrogen-bond acceptors (Lipinski definition) is 6. The van der Waals surface area contributed by atoms with Gasteiger partial charge in [0.1, 0.15) is 17.6 Å². The first-order chi connectivity index (χ1) is 19.3. The molecule has 4 N–H and O–H groups in total. The first kappa shape index (κ1) is 26.6. The fraction of sp³-hybridized carbons (Fsp3) is 0.138. The van der Waals surface area contributed by atoms with E-state index >= 15 is 0 Å². The monoisotopic (exact) mass is 556 g/mol. The number of pyridine rings is 1. The molecule has 2 aromatic heterocycles. The first-order valence-electron chi connectivity index (χ1n) is 12.3. The molecular formula is C29H24N4O6S. The fourth-order valence-corrected chi connectivity index (χ4v) is 4.94. The topological polar surface area (TPSA) is 145 Å². The second-order valence-electron chi connectivity index (χ2n) is 9.10. The molecule has 0 radical (unpaired) electrons. The predicted octanol–water partition coefficient (Wildman–Crippen LogP) is 4.74. The number of hydrogen-bond donors (Lipinski definition) is 4. The molecule has 1 amide bonds. The molecular weight excluding hydrogens is 532 g/mol. The maximum absolute atomic E-state index is 12.7. The number of carbonyl (C=O) groups is 3. The number of carboxylic acids is 2. The van der Waals surface area contributed by atoms with E-state index in [-0.39, 0.29) is 30.0 Å². The minimum absolute atomic E-state index is 0.151. The Morgan fingerprint density at radius 3 is 2.30 bits per heavy atom. The van der Waals surface area contributed by atoms with E-state index in [0.717, 1.165) is 6.07 Å². The van der Waals surface area contributed by atoms with E-state index in [1.807, 2.05) is 35.2 Å². The SMILES string of the molecule is O=C(CCN1C(=S)N[C@@H](c2ccccn2)[C@@H]1c1ccc(-c2cc(C(=O)O)cc(C(=O)O)c2)o1)Nc1ccccc1. The Morgan fingerprint density at radius 2 is 1.65 bits per heavy atom. The molecule has 2 aromatic carbocycles. The predicted molar refractivity (Wildman–Crippen MR) is 150 cm³/mol. The van der Waals surface area contributed by atoms with Gasteiger partial charge in [0.2, 0.25) is 5.91 Å². The molecule has 202 valence electrons. The fourth-order valence-electron chi connectivity index (χ4n) is 4.61. The quantitative estimate of drug-likeness (QED) is 0.213. The third kappa shape index (κ3) is 5.69. The van der Waals surface area contributed by atoms with Crippen molar-refractivity contribution in [1.82, 2.24) is 15.2 Å². The number of amides is 1. The number of nitrogens with one attached hydrogen (secondary N) is 2. The second kappa shape index (κ2) is 11.4. The third-order valence-corrected chi connectivity index (χ3v) is 6.82. The maximum Gasteiger partial charge on any atom is 0.335 e. The molecule has 0 bridgehead atoms. The van der Waals surface area contributed by atoms with Crippen molar-refractivity contribution in [3.8, 4) is 11.3 Å². The van der Waals surface area contributed by atoms with Gasteiger partial charge in [-0.25, -0.2) is 9.59 Å². The van der Waals surface area contributed by atoms with Gasteiger partial charge in [-0.15, -0.1) is 0 Å². The highest BCUT2D eigenvalue weighted by Crippen LogP contribution is 2.40. The lowest BCUT2D eigenvalue weighted by Gasteiger charge is -2.25. The van der Waals surface area contributed by atoms with E-state index in [9.17, 15) is 24.6 Å². The Bertz CT molecular complexity index is 1540. The zero-order valence-electron chi connectivity index (χ0n) is 21.0. The summed E-state index contributed by atoms with van der Waals surface area (Å²) in [6.45, 7) is 0.284. The number of aromatic nitrogens is 1. The molecule has 11 heteroatoms. The Labute approximate surface area is 234 Å². The Balaban J connectivity index is 1.45. The van der Waals surface area contributed by atoms with Crippen LogP contribution >= 0.6 is 12.2 Å². The number of benzene rings is 2. The molecule has 0 spiro atoms. The average Bonchev–Trinajstić information content (AvgIpc) is 3.57. The van der Waals surface area contributed by atoms with Crippen molar-refractivity contribution < 1.29 is 29.0 Å². The summed E-state index contributed by atoms with van der Waals surface area (Å²) in [7, 11) is 0. The number of carbonyl (C=O) groups excluding carboxylic acids is 1. The lowest BCUT2D eigenvalue weighted by Crippen LogP contribution is -2.32. The molecule has 5 rings (SSSR count). The van der Waals surface area contributed by atoms with Crippen molar-refractivity contribution in [3.63, 3.8) is 0 Å². The molecule has 0 aliphatic carbocycles. The molecule has 4 aromatic rings. The summed E-state index contributed by atoms with van der Waals surface area (Å²) < 4.78 is 6.20. The van der Waals surface area contributed by atoms with E-state index < -0.39 is 24.0 Å². The number of para-hydroxylation sites is 1. The van der Waals surface area contributed by atoms with Gasteiger partial charge in [0.25, 0.3) is 0 Å². The Kier molecular flexibility index (Phi) is 7.56. The summed E-state index contributed by atoms with van der Waals surface area (Å²) in [4.78, 5) is 42.2. The zero-order chi connectivity index (χ0) is 28.2. The molecule has 1 fully saturated rings. The Hall–Kier alpha value is -5.03. The van der Waals surface area contributed by atoms with Crippen molar-refractivity contribution in [3.05, 3.63) is 108 Å². The van der Waals surface area contributed by atoms with Crippen LogP contribution in [-0.4, -0.2) is 49.6 Å². The zero-order valence-corrected chi connectivity index (χ0v) is 21.8. The van der Waals surface area contributed by atoms with Crippen molar-refractivity contribution in [2.24, 2.45) is 0 Å². The van der Waals surface area contributed by atoms with Crippen molar-refractivity contribution in [2.75, 3.05) is 11.9 Å². The van der Waals surface area contributed by atoms with Crippen LogP contribution in [0.4, 0.5) is 5.69 Å². The van der Waals surface area contributed by atoms with Gasteiger partial charge in [0.05, 0.1) is 22.9 Å². The molecule has 0 saturated carbocycles. The van der Waals surface area contributed by atoms with Crippen LogP contribution in [0.15, 0.2) is 89.5 Å². The van der Waals surface area contributed by atoms with Crippen LogP contribution in [0.5, 0.6) is 0 Å². The van der Waals surface area contributed by atoms with E-state index in [0.29, 0.717) is 33.6 Å². The molecule has 3 heterocycles. The van der Waals surface area contributed by atoms with Crippen LogP contribution in [0, 0.1) is 0 Å². The van der Waals surface area contributed by atoms with Crippen molar-refractivity contribution >= 4 is 40.9 Å². The number of carboxylic acid groups (broad SMARTS) is 2. The number of thiocarbonyl (C=S) groups is 1. The van der Waals surface area contributed by atoms with Crippen LogP contribution in [0.25, 0.3) is 11.3 Å². The molecule has 1 saturated heterocycles. The van der Waals surface area contributed by atoms with E-state index in [2.05, 4.69) is 15.6 Å². The third-order valence-electron chi connectivity index (χ3n) is 6.46. The van der Waals surface area contributed by atoms with Gasteiger partial charge in [-0.3, -0.25) is 9.78 Å². The van der Waals surface area contributed by atoms with Crippen LogP contribution in [0.3, 0.4) is 0 Å². The highest BCUT2D eigenvalue weighted by molar-refractivity contribution is 7.80. The minimum Gasteiger partial charge on any atom is -0.478 e. The first-order valence-corrected chi connectivity index (χ1v) is 12.8.